The molecule has 2 fully saturated rings. The normalized spacial score (nSPS) is 38.5. The molecule has 0 spiro atoms. The van der Waals surface area contributed by atoms with Gasteiger partial charge in [0, 0.05) is 19.1 Å². The molecule has 2 rings (SSSR count). The molecule has 0 aromatic heterocycles. The first kappa shape index (κ1) is 7.56. The lowest BCUT2D eigenvalue weighted by atomic mass is 9.99. The Bertz CT molecular complexity index is 134. The SMILES string of the molecule is CC(C)N1CC2COC(C2)C1. The number of likely N-dealkylation sites (tertiary alicyclic amines) is 1. The standard InChI is InChI=1S/C9H17NO/c1-7(2)10-4-8-3-9(5-10)11-6-8/h7-9H,3-6H2,1-2H3. The van der Waals surface area contributed by atoms with Crippen molar-refractivity contribution in [2.45, 2.75) is 32.4 Å². The molecule has 64 valence electrons. The summed E-state index contributed by atoms with van der Waals surface area (Å²) in [4.78, 5) is 2.53. The van der Waals surface area contributed by atoms with Gasteiger partial charge in [0.2, 0.25) is 0 Å². The third-order valence-corrected chi connectivity index (χ3v) is 2.83. The quantitative estimate of drug-likeness (QED) is 0.562. The fourth-order valence-electron chi connectivity index (χ4n) is 2.12. The van der Waals surface area contributed by atoms with Gasteiger partial charge in [-0.3, -0.25) is 4.90 Å². The van der Waals surface area contributed by atoms with Crippen LogP contribution in [0, 0.1) is 5.92 Å². The van der Waals surface area contributed by atoms with E-state index in [1.165, 1.54) is 13.0 Å². The van der Waals surface area contributed by atoms with E-state index in [4.69, 9.17) is 4.74 Å². The smallest absolute Gasteiger partial charge is 0.0706 e. The number of fused-ring (bicyclic) bond motifs is 2. The maximum absolute atomic E-state index is 5.62. The molecule has 0 saturated carbocycles. The van der Waals surface area contributed by atoms with Gasteiger partial charge in [0.25, 0.3) is 0 Å². The molecule has 2 heteroatoms. The Morgan fingerprint density at radius 3 is 2.82 bits per heavy atom. The van der Waals surface area contributed by atoms with Crippen LogP contribution in [-0.4, -0.2) is 36.7 Å². The van der Waals surface area contributed by atoms with Gasteiger partial charge in [-0.05, 0) is 26.2 Å². The Kier molecular flexibility index (Phi) is 1.90. The molecule has 2 heterocycles. The van der Waals surface area contributed by atoms with E-state index >= 15 is 0 Å². The van der Waals surface area contributed by atoms with Crippen molar-refractivity contribution in [1.29, 1.82) is 0 Å². The van der Waals surface area contributed by atoms with E-state index in [0.717, 1.165) is 19.1 Å². The highest BCUT2D eigenvalue weighted by Gasteiger charge is 2.34. The maximum Gasteiger partial charge on any atom is 0.0706 e. The summed E-state index contributed by atoms with van der Waals surface area (Å²) in [6.45, 7) is 7.96. The molecule has 0 aliphatic carbocycles. The molecular formula is C9H17NO. The lowest BCUT2D eigenvalue weighted by Gasteiger charge is -2.33. The minimum Gasteiger partial charge on any atom is -0.377 e. The summed E-state index contributed by atoms with van der Waals surface area (Å²) in [6.07, 6.45) is 1.86. The zero-order chi connectivity index (χ0) is 7.84. The molecule has 0 N–H and O–H groups in total. The molecule has 2 unspecified atom stereocenters. The molecule has 2 atom stereocenters. The van der Waals surface area contributed by atoms with E-state index in [9.17, 15) is 0 Å². The van der Waals surface area contributed by atoms with Crippen molar-refractivity contribution in [3.63, 3.8) is 0 Å². The van der Waals surface area contributed by atoms with Gasteiger partial charge >= 0.3 is 0 Å². The van der Waals surface area contributed by atoms with E-state index in [0.29, 0.717) is 12.1 Å². The Labute approximate surface area is 68.5 Å². The number of ether oxygens (including phenoxy) is 1. The molecule has 0 aromatic rings. The van der Waals surface area contributed by atoms with Gasteiger partial charge < -0.3 is 4.74 Å². The zero-order valence-corrected chi connectivity index (χ0v) is 7.42. The molecule has 11 heavy (non-hydrogen) atoms. The second-order valence-electron chi connectivity index (χ2n) is 4.10. The summed E-state index contributed by atoms with van der Waals surface area (Å²) in [5.74, 6) is 0.830. The van der Waals surface area contributed by atoms with Crippen LogP contribution in [-0.2, 0) is 4.74 Å². The third-order valence-electron chi connectivity index (χ3n) is 2.83. The van der Waals surface area contributed by atoms with E-state index in [1.807, 2.05) is 0 Å². The summed E-state index contributed by atoms with van der Waals surface area (Å²) in [5, 5.41) is 0. The van der Waals surface area contributed by atoms with Crippen LogP contribution in [0.15, 0.2) is 0 Å². The van der Waals surface area contributed by atoms with Gasteiger partial charge in [-0.2, -0.15) is 0 Å². The van der Waals surface area contributed by atoms with Crippen LogP contribution in [0.3, 0.4) is 0 Å². The fourth-order valence-corrected chi connectivity index (χ4v) is 2.12. The molecule has 0 radical (unpaired) electrons. The lowest BCUT2D eigenvalue weighted by molar-refractivity contribution is 0.0728. The van der Waals surface area contributed by atoms with E-state index in [2.05, 4.69) is 18.7 Å². The first-order valence-corrected chi connectivity index (χ1v) is 4.61. The van der Waals surface area contributed by atoms with Crippen molar-refractivity contribution >= 4 is 0 Å². The molecule has 2 bridgehead atoms. The average Bonchev–Trinajstić information content (AvgIpc) is 2.30. The Balaban J connectivity index is 1.97. The molecule has 0 aromatic carbocycles. The Hall–Kier alpha value is -0.0800. The van der Waals surface area contributed by atoms with Gasteiger partial charge in [-0.25, -0.2) is 0 Å². The van der Waals surface area contributed by atoms with Crippen molar-refractivity contribution in [3.05, 3.63) is 0 Å². The van der Waals surface area contributed by atoms with Gasteiger partial charge in [0.1, 0.15) is 0 Å². The van der Waals surface area contributed by atoms with Crippen LogP contribution in [0.2, 0.25) is 0 Å². The molecular weight excluding hydrogens is 138 g/mol. The summed E-state index contributed by atoms with van der Waals surface area (Å²) in [6, 6.07) is 0.696. The van der Waals surface area contributed by atoms with Crippen molar-refractivity contribution in [2.75, 3.05) is 19.7 Å². The predicted octanol–water partition coefficient (Wildman–Crippen LogP) is 1.12. The molecule has 2 aliphatic heterocycles. The molecule has 0 amide bonds. The van der Waals surface area contributed by atoms with Gasteiger partial charge in [-0.1, -0.05) is 0 Å². The first-order chi connectivity index (χ1) is 5.25. The van der Waals surface area contributed by atoms with E-state index in [1.54, 1.807) is 0 Å². The Morgan fingerprint density at radius 2 is 2.18 bits per heavy atom. The number of rotatable bonds is 1. The van der Waals surface area contributed by atoms with Crippen molar-refractivity contribution < 1.29 is 4.74 Å². The van der Waals surface area contributed by atoms with Gasteiger partial charge in [0.15, 0.2) is 0 Å². The summed E-state index contributed by atoms with van der Waals surface area (Å²) < 4.78 is 5.62. The Morgan fingerprint density at radius 1 is 1.36 bits per heavy atom. The molecule has 2 nitrogen and oxygen atoms in total. The highest BCUT2D eigenvalue weighted by atomic mass is 16.5. The maximum atomic E-state index is 5.62. The van der Waals surface area contributed by atoms with Crippen LogP contribution in [0.5, 0.6) is 0 Å². The highest BCUT2D eigenvalue weighted by Crippen LogP contribution is 2.27. The number of hydrogen-bond acceptors (Lipinski definition) is 2. The minimum absolute atomic E-state index is 0.552. The predicted molar refractivity (Wildman–Crippen MR) is 44.6 cm³/mol. The second kappa shape index (κ2) is 2.76. The lowest BCUT2D eigenvalue weighted by Crippen LogP contribution is -2.43. The fraction of sp³-hybridized carbons (Fsp3) is 1.00. The van der Waals surface area contributed by atoms with Crippen molar-refractivity contribution in [2.24, 2.45) is 5.92 Å². The van der Waals surface area contributed by atoms with Gasteiger partial charge in [-0.15, -0.1) is 0 Å². The monoisotopic (exact) mass is 155 g/mol. The largest absolute Gasteiger partial charge is 0.377 e. The second-order valence-corrected chi connectivity index (χ2v) is 4.10. The van der Waals surface area contributed by atoms with Crippen LogP contribution in [0.1, 0.15) is 20.3 Å². The van der Waals surface area contributed by atoms with Crippen molar-refractivity contribution in [3.8, 4) is 0 Å². The zero-order valence-electron chi connectivity index (χ0n) is 7.42. The topological polar surface area (TPSA) is 12.5 Å². The average molecular weight is 155 g/mol. The van der Waals surface area contributed by atoms with Crippen LogP contribution < -0.4 is 0 Å². The van der Waals surface area contributed by atoms with E-state index in [-0.39, 0.29) is 0 Å². The van der Waals surface area contributed by atoms with Crippen LogP contribution >= 0.6 is 0 Å². The summed E-state index contributed by atoms with van der Waals surface area (Å²) in [7, 11) is 0. The minimum atomic E-state index is 0.552. The molecule has 2 aliphatic rings. The number of hydrogen-bond donors (Lipinski definition) is 0. The summed E-state index contributed by atoms with van der Waals surface area (Å²) in [5.41, 5.74) is 0. The number of nitrogens with zero attached hydrogens (tertiary/aromatic N) is 1. The molecule has 2 saturated heterocycles. The van der Waals surface area contributed by atoms with E-state index < -0.39 is 0 Å². The number of piperidine rings is 1. The van der Waals surface area contributed by atoms with Crippen LogP contribution in [0.25, 0.3) is 0 Å². The van der Waals surface area contributed by atoms with Crippen LogP contribution in [0.4, 0.5) is 0 Å². The summed E-state index contributed by atoms with van der Waals surface area (Å²) >= 11 is 0. The third kappa shape index (κ3) is 1.42. The van der Waals surface area contributed by atoms with Crippen molar-refractivity contribution in [1.82, 2.24) is 4.90 Å². The first-order valence-electron chi connectivity index (χ1n) is 4.61. The van der Waals surface area contributed by atoms with Gasteiger partial charge in [0.05, 0.1) is 12.7 Å². The highest BCUT2D eigenvalue weighted by molar-refractivity contribution is 4.85.